The maximum absolute atomic E-state index is 10.1. The Hall–Kier alpha value is -1.46. The van der Waals surface area contributed by atoms with Crippen molar-refractivity contribution in [3.63, 3.8) is 0 Å². The van der Waals surface area contributed by atoms with E-state index in [0.717, 1.165) is 0 Å². The molecule has 6 heteroatoms. The molecule has 1 aromatic carbocycles. The summed E-state index contributed by atoms with van der Waals surface area (Å²) in [6.45, 7) is 0.165. The van der Waals surface area contributed by atoms with Crippen LogP contribution in [0.4, 0.5) is 4.79 Å². The quantitative estimate of drug-likeness (QED) is 0.575. The largest absolute Gasteiger partial charge is 0.508 e. The van der Waals surface area contributed by atoms with Crippen molar-refractivity contribution in [2.45, 2.75) is 6.54 Å². The smallest absolute Gasteiger partial charge is 0.419 e. The molecule has 0 aliphatic carbocycles. The third-order valence-corrected chi connectivity index (χ3v) is 1.75. The van der Waals surface area contributed by atoms with Gasteiger partial charge in [-0.25, -0.2) is 10.2 Å². The molecule has 0 saturated heterocycles. The first-order valence-corrected chi connectivity index (χ1v) is 4.16. The molecule has 0 fully saturated rings. The van der Waals surface area contributed by atoms with E-state index in [0.29, 0.717) is 10.6 Å². The van der Waals surface area contributed by atoms with Gasteiger partial charge in [0.25, 0.3) is 0 Å². The zero-order valence-corrected chi connectivity index (χ0v) is 7.88. The number of phenolic OH excluding ortho intramolecular Hbond substituents is 1. The second-order valence-electron chi connectivity index (χ2n) is 2.56. The van der Waals surface area contributed by atoms with Crippen molar-refractivity contribution in [1.82, 2.24) is 10.9 Å². The van der Waals surface area contributed by atoms with Crippen molar-refractivity contribution < 1.29 is 15.0 Å². The Kier molecular flexibility index (Phi) is 3.55. The zero-order valence-electron chi connectivity index (χ0n) is 7.12. The zero-order chi connectivity index (χ0) is 10.6. The first kappa shape index (κ1) is 10.6. The number of rotatable bonds is 3. The Balaban J connectivity index is 2.57. The minimum absolute atomic E-state index is 0.0640. The van der Waals surface area contributed by atoms with Gasteiger partial charge in [-0.15, -0.1) is 0 Å². The van der Waals surface area contributed by atoms with Crippen LogP contribution in [0.3, 0.4) is 0 Å². The standard InChI is InChI=1S/C8H9ClN2O3/c9-6-1-2-7(12)5(3-6)4-10-11-8(13)14/h1-3,10-12H,4H2,(H,13,14). The molecular weight excluding hydrogens is 208 g/mol. The van der Waals surface area contributed by atoms with Gasteiger partial charge < -0.3 is 10.2 Å². The number of halogens is 1. The predicted octanol–water partition coefficient (Wildman–Crippen LogP) is 1.32. The minimum Gasteiger partial charge on any atom is -0.508 e. The number of hydrogen-bond acceptors (Lipinski definition) is 3. The van der Waals surface area contributed by atoms with Gasteiger partial charge in [0.2, 0.25) is 0 Å². The summed E-state index contributed by atoms with van der Waals surface area (Å²) in [6.07, 6.45) is -1.19. The fourth-order valence-electron chi connectivity index (χ4n) is 0.911. The van der Waals surface area contributed by atoms with Crippen LogP contribution >= 0.6 is 11.6 Å². The SMILES string of the molecule is O=C(O)NNCc1cc(Cl)ccc1O. The van der Waals surface area contributed by atoms with Crippen LogP contribution in [0.2, 0.25) is 5.02 Å². The van der Waals surface area contributed by atoms with Gasteiger partial charge in [-0.05, 0) is 18.2 Å². The second-order valence-corrected chi connectivity index (χ2v) is 2.99. The van der Waals surface area contributed by atoms with Crippen molar-refractivity contribution in [2.75, 3.05) is 0 Å². The molecule has 5 nitrogen and oxygen atoms in total. The summed E-state index contributed by atoms with van der Waals surface area (Å²) in [5, 5.41) is 18.1. The number of carbonyl (C=O) groups is 1. The van der Waals surface area contributed by atoms with E-state index in [4.69, 9.17) is 16.7 Å². The van der Waals surface area contributed by atoms with Crippen LogP contribution in [0.15, 0.2) is 18.2 Å². The first-order chi connectivity index (χ1) is 6.59. The van der Waals surface area contributed by atoms with E-state index in [-0.39, 0.29) is 12.3 Å². The highest BCUT2D eigenvalue weighted by Gasteiger charge is 2.01. The molecule has 76 valence electrons. The van der Waals surface area contributed by atoms with E-state index < -0.39 is 6.09 Å². The summed E-state index contributed by atoms with van der Waals surface area (Å²) in [5.74, 6) is 0.0640. The lowest BCUT2D eigenvalue weighted by molar-refractivity contribution is 0.188. The molecule has 14 heavy (non-hydrogen) atoms. The van der Waals surface area contributed by atoms with Gasteiger partial charge in [-0.3, -0.25) is 5.43 Å². The maximum Gasteiger partial charge on any atom is 0.419 e. The summed E-state index contributed by atoms with van der Waals surface area (Å²) in [5.41, 5.74) is 4.87. The summed E-state index contributed by atoms with van der Waals surface area (Å²) >= 11 is 5.68. The third-order valence-electron chi connectivity index (χ3n) is 1.52. The van der Waals surface area contributed by atoms with Crippen molar-refractivity contribution in [3.8, 4) is 5.75 Å². The lowest BCUT2D eigenvalue weighted by atomic mass is 10.2. The Morgan fingerprint density at radius 3 is 2.86 bits per heavy atom. The third kappa shape index (κ3) is 3.12. The normalized spacial score (nSPS) is 9.79. The molecule has 0 radical (unpaired) electrons. The van der Waals surface area contributed by atoms with E-state index in [1.807, 2.05) is 5.43 Å². The fourth-order valence-corrected chi connectivity index (χ4v) is 1.11. The number of phenols is 1. The van der Waals surface area contributed by atoms with Gasteiger partial charge in [-0.2, -0.15) is 0 Å². The van der Waals surface area contributed by atoms with Gasteiger partial charge >= 0.3 is 6.09 Å². The Morgan fingerprint density at radius 2 is 2.21 bits per heavy atom. The topological polar surface area (TPSA) is 81.6 Å². The molecule has 1 amide bonds. The molecule has 0 saturated carbocycles. The number of hydrazine groups is 1. The highest BCUT2D eigenvalue weighted by molar-refractivity contribution is 6.30. The average molecular weight is 217 g/mol. The number of benzene rings is 1. The minimum atomic E-state index is -1.19. The van der Waals surface area contributed by atoms with Gasteiger partial charge in [-0.1, -0.05) is 11.6 Å². The average Bonchev–Trinajstić information content (AvgIpc) is 2.10. The van der Waals surface area contributed by atoms with Crippen LogP contribution in [-0.2, 0) is 6.54 Å². The number of nitrogens with one attached hydrogen (secondary N) is 2. The Morgan fingerprint density at radius 1 is 1.50 bits per heavy atom. The van der Waals surface area contributed by atoms with Crippen molar-refractivity contribution >= 4 is 17.7 Å². The van der Waals surface area contributed by atoms with Gasteiger partial charge in [0.15, 0.2) is 0 Å². The fraction of sp³-hybridized carbons (Fsp3) is 0.125. The molecule has 0 aromatic heterocycles. The molecule has 1 rings (SSSR count). The van der Waals surface area contributed by atoms with E-state index in [1.165, 1.54) is 6.07 Å². The highest BCUT2D eigenvalue weighted by Crippen LogP contribution is 2.20. The van der Waals surface area contributed by atoms with Crippen molar-refractivity contribution in [2.24, 2.45) is 0 Å². The van der Waals surface area contributed by atoms with E-state index in [1.54, 1.807) is 12.1 Å². The molecule has 0 aliphatic rings. The number of amides is 1. The maximum atomic E-state index is 10.1. The molecule has 1 aromatic rings. The molecular formula is C8H9ClN2O3. The molecule has 0 heterocycles. The lowest BCUT2D eigenvalue weighted by Gasteiger charge is -2.06. The van der Waals surface area contributed by atoms with E-state index >= 15 is 0 Å². The van der Waals surface area contributed by atoms with Gasteiger partial charge in [0.1, 0.15) is 5.75 Å². The van der Waals surface area contributed by atoms with Gasteiger partial charge in [0.05, 0.1) is 0 Å². The summed E-state index contributed by atoms with van der Waals surface area (Å²) in [7, 11) is 0. The Bertz CT molecular complexity index is 343. The highest BCUT2D eigenvalue weighted by atomic mass is 35.5. The first-order valence-electron chi connectivity index (χ1n) is 3.79. The number of carboxylic acid groups (broad SMARTS) is 1. The van der Waals surface area contributed by atoms with E-state index in [2.05, 4.69) is 5.43 Å². The number of aromatic hydroxyl groups is 1. The predicted molar refractivity (Wildman–Crippen MR) is 51.1 cm³/mol. The van der Waals surface area contributed by atoms with Crippen molar-refractivity contribution in [3.05, 3.63) is 28.8 Å². The lowest BCUT2D eigenvalue weighted by Crippen LogP contribution is -2.35. The second kappa shape index (κ2) is 4.69. The van der Waals surface area contributed by atoms with E-state index in [9.17, 15) is 9.90 Å². The molecule has 0 atom stereocenters. The summed E-state index contributed by atoms with van der Waals surface area (Å²) in [6, 6.07) is 4.54. The summed E-state index contributed by atoms with van der Waals surface area (Å²) in [4.78, 5) is 10.1. The Labute approximate surface area is 85.3 Å². The summed E-state index contributed by atoms with van der Waals surface area (Å²) < 4.78 is 0. The van der Waals surface area contributed by atoms with Crippen LogP contribution in [0.1, 0.15) is 5.56 Å². The van der Waals surface area contributed by atoms with Crippen LogP contribution in [0.5, 0.6) is 5.75 Å². The van der Waals surface area contributed by atoms with Crippen LogP contribution in [0, 0.1) is 0 Å². The monoisotopic (exact) mass is 216 g/mol. The molecule has 0 aliphatic heterocycles. The van der Waals surface area contributed by atoms with Crippen LogP contribution in [-0.4, -0.2) is 16.3 Å². The molecule has 0 unspecified atom stereocenters. The van der Waals surface area contributed by atoms with Gasteiger partial charge in [0, 0.05) is 17.1 Å². The molecule has 0 spiro atoms. The van der Waals surface area contributed by atoms with Crippen molar-refractivity contribution in [1.29, 1.82) is 0 Å². The molecule has 0 bridgehead atoms. The van der Waals surface area contributed by atoms with Crippen LogP contribution < -0.4 is 10.9 Å². The molecule has 4 N–H and O–H groups in total. The number of hydrogen-bond donors (Lipinski definition) is 4. The van der Waals surface area contributed by atoms with Crippen LogP contribution in [0.25, 0.3) is 0 Å².